The van der Waals surface area contributed by atoms with E-state index in [0.717, 1.165) is 13.1 Å². The fraction of sp³-hybridized carbons (Fsp3) is 0.636. The number of morpholine rings is 1. The number of nitrogens with zero attached hydrogens (tertiary/aromatic N) is 3. The standard InChI is InChI=1S/C11H18N4O3S/c1-2-7-19(16,17)14-10-8-12-11(13-9-10)15-3-5-18-6-4-15/h8-9,14H,2-7H2,1H3. The molecule has 2 heterocycles. The van der Waals surface area contributed by atoms with Crippen LogP contribution in [0.25, 0.3) is 0 Å². The highest BCUT2D eigenvalue weighted by Crippen LogP contribution is 2.13. The first-order valence-corrected chi connectivity index (χ1v) is 7.91. The molecule has 1 aliphatic heterocycles. The number of ether oxygens (including phenoxy) is 1. The van der Waals surface area contributed by atoms with Crippen LogP contribution in [-0.2, 0) is 14.8 Å². The van der Waals surface area contributed by atoms with Crippen molar-refractivity contribution >= 4 is 21.7 Å². The molecule has 1 aromatic rings. The zero-order valence-corrected chi connectivity index (χ0v) is 11.7. The summed E-state index contributed by atoms with van der Waals surface area (Å²) in [4.78, 5) is 10.4. The van der Waals surface area contributed by atoms with Crippen molar-refractivity contribution in [1.29, 1.82) is 0 Å². The van der Waals surface area contributed by atoms with Crippen LogP contribution in [0.4, 0.5) is 11.6 Å². The van der Waals surface area contributed by atoms with Crippen LogP contribution in [0.5, 0.6) is 0 Å². The average Bonchev–Trinajstić information content (AvgIpc) is 2.40. The van der Waals surface area contributed by atoms with Crippen molar-refractivity contribution in [2.24, 2.45) is 0 Å². The maximum atomic E-state index is 11.6. The van der Waals surface area contributed by atoms with Crippen molar-refractivity contribution in [3.05, 3.63) is 12.4 Å². The minimum Gasteiger partial charge on any atom is -0.378 e. The Bertz CT molecular complexity index is 497. The number of rotatable bonds is 5. The van der Waals surface area contributed by atoms with Gasteiger partial charge in [-0.05, 0) is 6.42 Å². The van der Waals surface area contributed by atoms with Crippen molar-refractivity contribution in [3.8, 4) is 0 Å². The molecule has 0 unspecified atom stereocenters. The second-order valence-corrected chi connectivity index (χ2v) is 6.13. The molecule has 19 heavy (non-hydrogen) atoms. The SMILES string of the molecule is CCCS(=O)(=O)Nc1cnc(N2CCOCC2)nc1. The quantitative estimate of drug-likeness (QED) is 0.847. The molecule has 1 saturated heterocycles. The van der Waals surface area contributed by atoms with Gasteiger partial charge in [-0.2, -0.15) is 0 Å². The largest absolute Gasteiger partial charge is 0.378 e. The minimum atomic E-state index is -3.29. The van der Waals surface area contributed by atoms with Crippen molar-refractivity contribution in [3.63, 3.8) is 0 Å². The Morgan fingerprint density at radius 2 is 1.95 bits per heavy atom. The molecule has 106 valence electrons. The van der Waals surface area contributed by atoms with Crippen LogP contribution in [-0.4, -0.2) is 50.4 Å². The maximum Gasteiger partial charge on any atom is 0.232 e. The van der Waals surface area contributed by atoms with E-state index in [1.165, 1.54) is 12.4 Å². The van der Waals surface area contributed by atoms with Gasteiger partial charge in [0.2, 0.25) is 16.0 Å². The number of anilines is 2. The third kappa shape index (κ3) is 4.03. The first-order chi connectivity index (χ1) is 9.11. The van der Waals surface area contributed by atoms with Crippen LogP contribution in [0, 0.1) is 0 Å². The van der Waals surface area contributed by atoms with Crippen LogP contribution >= 0.6 is 0 Å². The lowest BCUT2D eigenvalue weighted by Crippen LogP contribution is -2.37. The lowest BCUT2D eigenvalue weighted by molar-refractivity contribution is 0.122. The summed E-state index contributed by atoms with van der Waals surface area (Å²) in [6, 6.07) is 0. The zero-order valence-electron chi connectivity index (χ0n) is 10.9. The van der Waals surface area contributed by atoms with Crippen molar-refractivity contribution in [2.75, 3.05) is 41.7 Å². The second-order valence-electron chi connectivity index (χ2n) is 4.29. The Morgan fingerprint density at radius 1 is 1.32 bits per heavy atom. The summed E-state index contributed by atoms with van der Waals surface area (Å²) in [5, 5.41) is 0. The topological polar surface area (TPSA) is 84.4 Å². The first-order valence-electron chi connectivity index (χ1n) is 6.26. The summed E-state index contributed by atoms with van der Waals surface area (Å²) < 4.78 is 30.9. The van der Waals surface area contributed by atoms with E-state index in [1.54, 1.807) is 0 Å². The molecule has 0 bridgehead atoms. The Kier molecular flexibility index (Phi) is 4.54. The fourth-order valence-electron chi connectivity index (χ4n) is 1.80. The molecule has 0 saturated carbocycles. The average molecular weight is 286 g/mol. The Morgan fingerprint density at radius 3 is 2.53 bits per heavy atom. The molecule has 1 aliphatic rings. The summed E-state index contributed by atoms with van der Waals surface area (Å²) in [7, 11) is -3.29. The molecule has 0 atom stereocenters. The monoisotopic (exact) mass is 286 g/mol. The van der Waals surface area contributed by atoms with Crippen LogP contribution < -0.4 is 9.62 Å². The van der Waals surface area contributed by atoms with E-state index in [-0.39, 0.29) is 5.75 Å². The van der Waals surface area contributed by atoms with Crippen molar-refractivity contribution in [1.82, 2.24) is 9.97 Å². The van der Waals surface area contributed by atoms with Gasteiger partial charge in [-0.25, -0.2) is 18.4 Å². The molecule has 0 amide bonds. The highest BCUT2D eigenvalue weighted by Gasteiger charge is 2.14. The highest BCUT2D eigenvalue weighted by atomic mass is 32.2. The molecule has 0 spiro atoms. The molecule has 0 aliphatic carbocycles. The number of hydrogen-bond donors (Lipinski definition) is 1. The van der Waals surface area contributed by atoms with Gasteiger partial charge in [0.25, 0.3) is 0 Å². The van der Waals surface area contributed by atoms with Gasteiger partial charge < -0.3 is 9.64 Å². The minimum absolute atomic E-state index is 0.0955. The smallest absolute Gasteiger partial charge is 0.232 e. The first kappa shape index (κ1) is 14.0. The lowest BCUT2D eigenvalue weighted by atomic mass is 10.4. The zero-order chi connectivity index (χ0) is 13.7. The summed E-state index contributed by atoms with van der Waals surface area (Å²) in [6.07, 6.45) is 3.55. The normalized spacial score (nSPS) is 16.4. The second kappa shape index (κ2) is 6.16. The van der Waals surface area contributed by atoms with Crippen LogP contribution in [0.2, 0.25) is 0 Å². The van der Waals surface area contributed by atoms with Crippen LogP contribution in [0.15, 0.2) is 12.4 Å². The Balaban J connectivity index is 2.02. The molecule has 0 radical (unpaired) electrons. The van der Waals surface area contributed by atoms with Crippen molar-refractivity contribution in [2.45, 2.75) is 13.3 Å². The van der Waals surface area contributed by atoms with Gasteiger partial charge in [-0.3, -0.25) is 4.72 Å². The van der Waals surface area contributed by atoms with Gasteiger partial charge in [0.1, 0.15) is 0 Å². The summed E-state index contributed by atoms with van der Waals surface area (Å²) >= 11 is 0. The number of aromatic nitrogens is 2. The highest BCUT2D eigenvalue weighted by molar-refractivity contribution is 7.92. The van der Waals surface area contributed by atoms with E-state index in [2.05, 4.69) is 14.7 Å². The Labute approximate surface area is 113 Å². The maximum absolute atomic E-state index is 11.6. The lowest BCUT2D eigenvalue weighted by Gasteiger charge is -2.26. The Hall–Kier alpha value is -1.41. The molecule has 1 aromatic heterocycles. The summed E-state index contributed by atoms with van der Waals surface area (Å²) in [5.41, 5.74) is 0.394. The molecule has 0 aromatic carbocycles. The van der Waals surface area contributed by atoms with E-state index < -0.39 is 10.0 Å². The molecule has 1 fully saturated rings. The molecule has 2 rings (SSSR count). The van der Waals surface area contributed by atoms with E-state index in [4.69, 9.17) is 4.74 Å². The number of sulfonamides is 1. The van der Waals surface area contributed by atoms with Crippen molar-refractivity contribution < 1.29 is 13.2 Å². The summed E-state index contributed by atoms with van der Waals surface area (Å²) in [5.74, 6) is 0.694. The van der Waals surface area contributed by atoms with E-state index in [1.807, 2.05) is 11.8 Å². The van der Waals surface area contributed by atoms with E-state index in [0.29, 0.717) is 31.3 Å². The van der Waals surface area contributed by atoms with Gasteiger partial charge in [0.05, 0.1) is 37.0 Å². The molecule has 8 heteroatoms. The van der Waals surface area contributed by atoms with E-state index >= 15 is 0 Å². The van der Waals surface area contributed by atoms with Gasteiger partial charge in [0.15, 0.2) is 0 Å². The van der Waals surface area contributed by atoms with Crippen LogP contribution in [0.3, 0.4) is 0 Å². The third-order valence-corrected chi connectivity index (χ3v) is 4.17. The molecular weight excluding hydrogens is 268 g/mol. The van der Waals surface area contributed by atoms with Gasteiger partial charge in [0, 0.05) is 13.1 Å². The van der Waals surface area contributed by atoms with E-state index in [9.17, 15) is 8.42 Å². The predicted octanol–water partition coefficient (Wildman–Crippen LogP) is 0.465. The third-order valence-electron chi connectivity index (χ3n) is 2.68. The molecular formula is C11H18N4O3S. The number of nitrogens with one attached hydrogen (secondary N) is 1. The fourth-order valence-corrected chi connectivity index (χ4v) is 2.90. The van der Waals surface area contributed by atoms with Gasteiger partial charge in [-0.1, -0.05) is 6.92 Å². The van der Waals surface area contributed by atoms with Gasteiger partial charge >= 0.3 is 0 Å². The van der Waals surface area contributed by atoms with Gasteiger partial charge in [-0.15, -0.1) is 0 Å². The molecule has 1 N–H and O–H groups in total. The predicted molar refractivity (Wildman–Crippen MR) is 72.8 cm³/mol. The van der Waals surface area contributed by atoms with Crippen LogP contribution in [0.1, 0.15) is 13.3 Å². The summed E-state index contributed by atoms with van der Waals surface area (Å²) in [6.45, 7) is 4.64. The number of hydrogen-bond acceptors (Lipinski definition) is 6. The molecule has 7 nitrogen and oxygen atoms in total.